The van der Waals surface area contributed by atoms with Crippen molar-refractivity contribution in [2.24, 2.45) is 0 Å². The molecule has 17 heavy (non-hydrogen) atoms. The van der Waals surface area contributed by atoms with Crippen LogP contribution in [0.1, 0.15) is 42.7 Å². The quantitative estimate of drug-likeness (QED) is 0.846. The van der Waals surface area contributed by atoms with E-state index in [1.54, 1.807) is 6.07 Å². The Morgan fingerprint density at radius 1 is 1.71 bits per heavy atom. The molecule has 1 fully saturated rings. The number of rotatable bonds is 5. The van der Waals surface area contributed by atoms with Crippen LogP contribution in [0.2, 0.25) is 5.02 Å². The van der Waals surface area contributed by atoms with E-state index in [1.807, 2.05) is 17.7 Å². The minimum Gasteiger partial charge on any atom is -0.396 e. The van der Waals surface area contributed by atoms with Gasteiger partial charge in [-0.05, 0) is 32.3 Å². The number of carbonyl (C=O) groups excluding carboxylic acids is 1. The fourth-order valence-corrected chi connectivity index (χ4v) is 2.05. The molecule has 1 aromatic rings. The van der Waals surface area contributed by atoms with Crippen LogP contribution in [-0.2, 0) is 0 Å². The fourth-order valence-electron chi connectivity index (χ4n) is 1.85. The number of hydrogen-bond donors (Lipinski definition) is 2. The van der Waals surface area contributed by atoms with Gasteiger partial charge in [-0.25, -0.2) is 0 Å². The van der Waals surface area contributed by atoms with Gasteiger partial charge in [-0.3, -0.25) is 4.79 Å². The minimum atomic E-state index is -0.121. The van der Waals surface area contributed by atoms with Gasteiger partial charge in [0.15, 0.2) is 0 Å². The lowest BCUT2D eigenvalue weighted by Gasteiger charge is -2.13. The zero-order chi connectivity index (χ0) is 12.4. The highest BCUT2D eigenvalue weighted by molar-refractivity contribution is 6.31. The van der Waals surface area contributed by atoms with Crippen LogP contribution in [-0.4, -0.2) is 28.2 Å². The summed E-state index contributed by atoms with van der Waals surface area (Å²) in [6.45, 7) is 1.95. The molecule has 0 saturated heterocycles. The molecule has 1 atom stereocenters. The molecule has 2 N–H and O–H groups in total. The maximum atomic E-state index is 12.0. The molecule has 0 bridgehead atoms. The molecule has 1 aliphatic rings. The normalized spacial score (nSPS) is 16.9. The van der Waals surface area contributed by atoms with Gasteiger partial charge in [0.2, 0.25) is 0 Å². The van der Waals surface area contributed by atoms with Crippen LogP contribution in [0, 0.1) is 0 Å². The van der Waals surface area contributed by atoms with Gasteiger partial charge in [0.25, 0.3) is 5.91 Å². The summed E-state index contributed by atoms with van der Waals surface area (Å²) >= 11 is 5.94. The van der Waals surface area contributed by atoms with Gasteiger partial charge < -0.3 is 15.0 Å². The van der Waals surface area contributed by atoms with Crippen molar-refractivity contribution in [1.82, 2.24) is 9.88 Å². The zero-order valence-electron chi connectivity index (χ0n) is 9.82. The van der Waals surface area contributed by atoms with E-state index < -0.39 is 0 Å². The van der Waals surface area contributed by atoms with E-state index in [0.717, 1.165) is 12.8 Å². The summed E-state index contributed by atoms with van der Waals surface area (Å²) in [6.07, 6.45) is 4.59. The van der Waals surface area contributed by atoms with E-state index >= 15 is 0 Å². The monoisotopic (exact) mass is 256 g/mol. The van der Waals surface area contributed by atoms with Gasteiger partial charge >= 0.3 is 0 Å². The number of hydrogen-bond acceptors (Lipinski definition) is 2. The second kappa shape index (κ2) is 5.10. The minimum absolute atomic E-state index is 0.0335. The number of nitrogens with one attached hydrogen (secondary N) is 1. The summed E-state index contributed by atoms with van der Waals surface area (Å²) in [7, 11) is 0. The van der Waals surface area contributed by atoms with Crippen molar-refractivity contribution >= 4 is 17.5 Å². The largest absolute Gasteiger partial charge is 0.396 e. The summed E-state index contributed by atoms with van der Waals surface area (Å²) in [6, 6.07) is 2.09. The van der Waals surface area contributed by atoms with E-state index in [2.05, 4.69) is 5.32 Å². The van der Waals surface area contributed by atoms with Crippen molar-refractivity contribution in [3.63, 3.8) is 0 Å². The Hall–Kier alpha value is -1.00. The molecule has 2 rings (SSSR count). The van der Waals surface area contributed by atoms with Gasteiger partial charge in [0.1, 0.15) is 5.69 Å². The van der Waals surface area contributed by atoms with Crippen LogP contribution >= 0.6 is 11.6 Å². The lowest BCUT2D eigenvalue weighted by molar-refractivity contribution is 0.0925. The van der Waals surface area contributed by atoms with Gasteiger partial charge in [-0.1, -0.05) is 11.6 Å². The number of nitrogens with zero attached hydrogens (tertiary/aromatic N) is 1. The molecule has 94 valence electrons. The average Bonchev–Trinajstić information content (AvgIpc) is 3.02. The molecule has 0 radical (unpaired) electrons. The Bertz CT molecular complexity index is 413. The first-order valence-corrected chi connectivity index (χ1v) is 6.28. The number of amides is 1. The van der Waals surface area contributed by atoms with E-state index in [1.165, 1.54) is 0 Å². The molecular weight excluding hydrogens is 240 g/mol. The van der Waals surface area contributed by atoms with Crippen molar-refractivity contribution in [2.75, 3.05) is 6.61 Å². The lowest BCUT2D eigenvalue weighted by Crippen LogP contribution is -2.34. The Labute approximate surface area is 106 Å². The number of carbonyl (C=O) groups is 1. The standard InChI is InChI=1S/C12H17ClN2O2/c1-8(4-5-16)14-12(17)11-6-9(13)7-15(11)10-2-3-10/h6-8,10,16H,2-5H2,1H3,(H,14,17). The third kappa shape index (κ3) is 3.01. The van der Waals surface area contributed by atoms with Crippen molar-refractivity contribution < 1.29 is 9.90 Å². The Kier molecular flexibility index (Phi) is 3.74. The van der Waals surface area contributed by atoms with Crippen molar-refractivity contribution in [3.8, 4) is 0 Å². The molecule has 0 aromatic carbocycles. The third-order valence-electron chi connectivity index (χ3n) is 2.93. The first kappa shape index (κ1) is 12.5. The second-order valence-electron chi connectivity index (χ2n) is 4.57. The van der Waals surface area contributed by atoms with E-state index in [9.17, 15) is 4.79 Å². The molecule has 1 amide bonds. The fraction of sp³-hybridized carbons (Fsp3) is 0.583. The first-order valence-electron chi connectivity index (χ1n) is 5.91. The van der Waals surface area contributed by atoms with Gasteiger partial charge in [0, 0.05) is 24.9 Å². The van der Waals surface area contributed by atoms with Crippen LogP contribution in [0.4, 0.5) is 0 Å². The highest BCUT2D eigenvalue weighted by Crippen LogP contribution is 2.37. The molecule has 1 aliphatic carbocycles. The highest BCUT2D eigenvalue weighted by Gasteiger charge is 2.28. The van der Waals surface area contributed by atoms with Crippen LogP contribution in [0.3, 0.4) is 0 Å². The van der Waals surface area contributed by atoms with Gasteiger partial charge in [-0.15, -0.1) is 0 Å². The van der Waals surface area contributed by atoms with E-state index in [-0.39, 0.29) is 18.6 Å². The van der Waals surface area contributed by atoms with Crippen LogP contribution < -0.4 is 5.32 Å². The molecular formula is C12H17ClN2O2. The maximum Gasteiger partial charge on any atom is 0.268 e. The predicted octanol–water partition coefficient (Wildman–Crippen LogP) is 1.98. The molecule has 1 aromatic heterocycles. The summed E-state index contributed by atoms with van der Waals surface area (Å²) in [5, 5.41) is 12.2. The molecule has 1 heterocycles. The molecule has 5 heteroatoms. The second-order valence-corrected chi connectivity index (χ2v) is 5.01. The number of aliphatic hydroxyl groups excluding tert-OH is 1. The summed E-state index contributed by atoms with van der Waals surface area (Å²) in [5.41, 5.74) is 0.613. The zero-order valence-corrected chi connectivity index (χ0v) is 10.6. The highest BCUT2D eigenvalue weighted by atomic mass is 35.5. The van der Waals surface area contributed by atoms with E-state index in [4.69, 9.17) is 16.7 Å². The lowest BCUT2D eigenvalue weighted by atomic mass is 10.2. The van der Waals surface area contributed by atoms with Gasteiger partial charge in [-0.2, -0.15) is 0 Å². The molecule has 0 aliphatic heterocycles. The number of aromatic nitrogens is 1. The molecule has 1 saturated carbocycles. The number of aliphatic hydroxyl groups is 1. The Morgan fingerprint density at radius 3 is 3.00 bits per heavy atom. The average molecular weight is 257 g/mol. The predicted molar refractivity (Wildman–Crippen MR) is 66.3 cm³/mol. The van der Waals surface area contributed by atoms with Crippen LogP contribution in [0.5, 0.6) is 0 Å². The summed E-state index contributed by atoms with van der Waals surface area (Å²) < 4.78 is 1.95. The van der Waals surface area contributed by atoms with Crippen LogP contribution in [0.25, 0.3) is 0 Å². The number of halogens is 1. The Morgan fingerprint density at radius 2 is 2.41 bits per heavy atom. The van der Waals surface area contributed by atoms with Crippen molar-refractivity contribution in [3.05, 3.63) is 23.0 Å². The topological polar surface area (TPSA) is 54.3 Å². The smallest absolute Gasteiger partial charge is 0.268 e. The molecule has 1 unspecified atom stereocenters. The first-order chi connectivity index (χ1) is 8.11. The summed E-state index contributed by atoms with van der Waals surface area (Å²) in [4.78, 5) is 12.0. The molecule has 4 nitrogen and oxygen atoms in total. The SMILES string of the molecule is CC(CCO)NC(=O)c1cc(Cl)cn1C1CC1. The molecule has 0 spiro atoms. The summed E-state index contributed by atoms with van der Waals surface area (Å²) in [5.74, 6) is -0.121. The maximum absolute atomic E-state index is 12.0. The third-order valence-corrected chi connectivity index (χ3v) is 3.13. The van der Waals surface area contributed by atoms with E-state index in [0.29, 0.717) is 23.2 Å². The van der Waals surface area contributed by atoms with Crippen molar-refractivity contribution in [2.45, 2.75) is 38.3 Å². The van der Waals surface area contributed by atoms with Gasteiger partial charge in [0.05, 0.1) is 5.02 Å². The van der Waals surface area contributed by atoms with Crippen LogP contribution in [0.15, 0.2) is 12.3 Å². The van der Waals surface area contributed by atoms with Crippen molar-refractivity contribution in [1.29, 1.82) is 0 Å². The Balaban J connectivity index is 2.07.